The van der Waals surface area contributed by atoms with E-state index < -0.39 is 11.7 Å². The van der Waals surface area contributed by atoms with Crippen LogP contribution in [0.4, 0.5) is 13.2 Å². The Bertz CT molecular complexity index is 1120. The van der Waals surface area contributed by atoms with Crippen molar-refractivity contribution in [2.75, 3.05) is 13.1 Å². The van der Waals surface area contributed by atoms with Crippen LogP contribution in [0, 0.1) is 6.92 Å². The second kappa shape index (κ2) is 6.82. The first kappa shape index (κ1) is 19.1. The zero-order chi connectivity index (χ0) is 21.0. The molecular weight excluding hydrogens is 399 g/mol. The highest BCUT2D eigenvalue weighted by atomic mass is 19.4. The maximum Gasteiger partial charge on any atom is 0.417 e. The Balaban J connectivity index is 1.44. The molecule has 0 unspecified atom stereocenters. The Morgan fingerprint density at radius 1 is 1.23 bits per heavy atom. The summed E-state index contributed by atoms with van der Waals surface area (Å²) in [6.45, 7) is 2.27. The predicted octanol–water partition coefficient (Wildman–Crippen LogP) is 4.17. The van der Waals surface area contributed by atoms with Crippen LogP contribution in [0.1, 0.15) is 70.7 Å². The largest absolute Gasteiger partial charge is 0.417 e. The highest BCUT2D eigenvalue weighted by Gasteiger charge is 2.38. The molecule has 0 bridgehead atoms. The summed E-state index contributed by atoms with van der Waals surface area (Å²) in [6, 6.07) is 2.79. The van der Waals surface area contributed by atoms with Crippen molar-refractivity contribution in [1.29, 1.82) is 0 Å². The van der Waals surface area contributed by atoms with Crippen molar-refractivity contribution in [3.05, 3.63) is 40.5 Å². The maximum atomic E-state index is 13.6. The summed E-state index contributed by atoms with van der Waals surface area (Å²) in [6.07, 6.45) is -1.09. The van der Waals surface area contributed by atoms with Crippen LogP contribution in [0.25, 0.3) is 11.1 Å². The molecule has 2 fully saturated rings. The lowest BCUT2D eigenvalue weighted by Gasteiger charge is -2.31. The van der Waals surface area contributed by atoms with E-state index in [1.54, 1.807) is 11.0 Å². The molecule has 0 aromatic carbocycles. The number of fused-ring (bicyclic) bond motifs is 1. The van der Waals surface area contributed by atoms with Crippen molar-refractivity contribution in [2.45, 2.75) is 50.6 Å². The van der Waals surface area contributed by atoms with Gasteiger partial charge in [0, 0.05) is 36.3 Å². The van der Waals surface area contributed by atoms with E-state index in [0.717, 1.165) is 24.6 Å². The number of carbonyl (C=O) groups excluding carboxylic acids is 1. The monoisotopic (exact) mass is 419 g/mol. The number of H-pyrrole nitrogens is 1. The number of aromatic nitrogens is 4. The maximum absolute atomic E-state index is 13.6. The Labute approximate surface area is 169 Å². The third kappa shape index (κ3) is 3.33. The van der Waals surface area contributed by atoms with Crippen LogP contribution in [-0.2, 0) is 6.18 Å². The number of amides is 1. The average Bonchev–Trinajstić information content (AvgIpc) is 3.29. The summed E-state index contributed by atoms with van der Waals surface area (Å²) < 4.78 is 46.1. The molecule has 30 heavy (non-hydrogen) atoms. The second-order valence-electron chi connectivity index (χ2n) is 8.13. The molecule has 1 saturated carbocycles. The molecule has 5 rings (SSSR count). The van der Waals surface area contributed by atoms with Gasteiger partial charge in [0.2, 0.25) is 0 Å². The Hall–Kier alpha value is -2.91. The van der Waals surface area contributed by atoms with Crippen LogP contribution in [-0.4, -0.2) is 44.2 Å². The van der Waals surface area contributed by atoms with Gasteiger partial charge in [0.15, 0.2) is 0 Å². The normalized spacial score (nSPS) is 20.1. The summed E-state index contributed by atoms with van der Waals surface area (Å²) in [4.78, 5) is 18.6. The number of aromatic amines is 1. The first-order valence-electron chi connectivity index (χ1n) is 10.00. The predicted molar refractivity (Wildman–Crippen MR) is 100.0 cm³/mol. The van der Waals surface area contributed by atoms with E-state index in [-0.39, 0.29) is 40.9 Å². The lowest BCUT2D eigenvalue weighted by molar-refractivity contribution is -0.136. The quantitative estimate of drug-likeness (QED) is 0.688. The number of carbonyl (C=O) groups is 1. The number of nitrogens with one attached hydrogen (secondary N) is 1. The third-order valence-electron chi connectivity index (χ3n) is 5.84. The van der Waals surface area contributed by atoms with E-state index in [0.29, 0.717) is 31.0 Å². The van der Waals surface area contributed by atoms with Crippen LogP contribution in [0.2, 0.25) is 0 Å². The van der Waals surface area contributed by atoms with Crippen molar-refractivity contribution < 1.29 is 22.5 Å². The van der Waals surface area contributed by atoms with Gasteiger partial charge in [-0.1, -0.05) is 5.16 Å². The molecule has 1 aliphatic carbocycles. The van der Waals surface area contributed by atoms with Crippen LogP contribution in [0.3, 0.4) is 0 Å². The summed E-state index contributed by atoms with van der Waals surface area (Å²) in [5.41, 5.74) is 0.806. The van der Waals surface area contributed by atoms with Crippen LogP contribution in [0.15, 0.2) is 16.7 Å². The smallest absolute Gasteiger partial charge is 0.337 e. The zero-order valence-electron chi connectivity index (χ0n) is 16.3. The number of rotatable bonds is 3. The third-order valence-corrected chi connectivity index (χ3v) is 5.84. The van der Waals surface area contributed by atoms with E-state index in [1.807, 2.05) is 0 Å². The average molecular weight is 419 g/mol. The van der Waals surface area contributed by atoms with Gasteiger partial charge in [-0.3, -0.25) is 9.89 Å². The van der Waals surface area contributed by atoms with Gasteiger partial charge < -0.3 is 9.42 Å². The number of hydrogen-bond donors (Lipinski definition) is 1. The number of halogens is 3. The summed E-state index contributed by atoms with van der Waals surface area (Å²) in [5, 5.41) is 10.9. The molecule has 0 radical (unpaired) electrons. The van der Waals surface area contributed by atoms with Gasteiger partial charge in [-0.2, -0.15) is 18.3 Å². The Morgan fingerprint density at radius 2 is 2.03 bits per heavy atom. The first-order chi connectivity index (χ1) is 14.3. The molecule has 1 saturated heterocycles. The molecule has 7 nitrogen and oxygen atoms in total. The molecule has 3 aromatic heterocycles. The minimum Gasteiger partial charge on any atom is -0.337 e. The molecule has 1 aliphatic heterocycles. The molecule has 10 heteroatoms. The fraction of sp³-hybridized carbons (Fsp3) is 0.500. The zero-order valence-corrected chi connectivity index (χ0v) is 16.3. The molecular formula is C20H20F3N5O2. The lowest BCUT2D eigenvalue weighted by atomic mass is 9.91. The Kier molecular flexibility index (Phi) is 4.33. The van der Waals surface area contributed by atoms with E-state index in [9.17, 15) is 18.0 Å². The first-order valence-corrected chi connectivity index (χ1v) is 10.00. The van der Waals surface area contributed by atoms with Crippen molar-refractivity contribution >= 4 is 17.0 Å². The number of pyridine rings is 1. The van der Waals surface area contributed by atoms with Crippen molar-refractivity contribution in [3.8, 4) is 0 Å². The van der Waals surface area contributed by atoms with E-state index in [2.05, 4.69) is 20.3 Å². The number of likely N-dealkylation sites (tertiary alicyclic amines) is 1. The van der Waals surface area contributed by atoms with Gasteiger partial charge in [-0.15, -0.1) is 0 Å². The summed E-state index contributed by atoms with van der Waals surface area (Å²) in [7, 11) is 0. The van der Waals surface area contributed by atoms with Gasteiger partial charge in [0.05, 0.1) is 16.6 Å². The van der Waals surface area contributed by atoms with E-state index in [1.165, 1.54) is 6.92 Å². The number of nitrogens with zero attached hydrogens (tertiary/aromatic N) is 4. The van der Waals surface area contributed by atoms with E-state index in [4.69, 9.17) is 4.52 Å². The van der Waals surface area contributed by atoms with Crippen molar-refractivity contribution in [2.24, 2.45) is 0 Å². The van der Waals surface area contributed by atoms with Gasteiger partial charge >= 0.3 is 6.18 Å². The minimum absolute atomic E-state index is 0.108. The standard InChI is InChI=1S/C20H20F3N5O2/c1-10-7-13(20(21,22)23)16-17(27-30-18(16)24-10)12-3-2-6-28(9-12)19(29)15-8-14(25-26-15)11-4-5-11/h7-8,11-12H,2-6,9H2,1H3,(H,25,26)/t12-/m0/s1. The molecule has 0 spiro atoms. The van der Waals surface area contributed by atoms with Crippen LogP contribution < -0.4 is 0 Å². The number of piperidine rings is 1. The van der Waals surface area contributed by atoms with Gasteiger partial charge in [0.25, 0.3) is 11.6 Å². The number of alkyl halides is 3. The van der Waals surface area contributed by atoms with Crippen LogP contribution in [0.5, 0.6) is 0 Å². The highest BCUT2D eigenvalue weighted by Crippen LogP contribution is 2.41. The second-order valence-corrected chi connectivity index (χ2v) is 8.13. The topological polar surface area (TPSA) is 87.9 Å². The number of hydrogen-bond acceptors (Lipinski definition) is 5. The van der Waals surface area contributed by atoms with Crippen LogP contribution >= 0.6 is 0 Å². The number of aryl methyl sites for hydroxylation is 1. The molecule has 1 N–H and O–H groups in total. The fourth-order valence-corrected chi connectivity index (χ4v) is 4.19. The molecule has 3 aromatic rings. The summed E-state index contributed by atoms with van der Waals surface area (Å²) >= 11 is 0. The SMILES string of the molecule is Cc1cc(C(F)(F)F)c2c([C@H]3CCCN(C(=O)c4cc(C5CC5)[nH]n4)C3)noc2n1. The van der Waals surface area contributed by atoms with Gasteiger partial charge in [-0.25, -0.2) is 4.98 Å². The van der Waals surface area contributed by atoms with Crippen molar-refractivity contribution in [3.63, 3.8) is 0 Å². The molecule has 1 amide bonds. The lowest BCUT2D eigenvalue weighted by Crippen LogP contribution is -2.39. The van der Waals surface area contributed by atoms with E-state index >= 15 is 0 Å². The minimum atomic E-state index is -4.55. The molecule has 158 valence electrons. The Morgan fingerprint density at radius 3 is 2.77 bits per heavy atom. The molecule has 4 heterocycles. The fourth-order valence-electron chi connectivity index (χ4n) is 4.19. The molecule has 1 atom stereocenters. The summed E-state index contributed by atoms with van der Waals surface area (Å²) in [5.74, 6) is -0.136. The van der Waals surface area contributed by atoms with Crippen molar-refractivity contribution in [1.82, 2.24) is 25.2 Å². The van der Waals surface area contributed by atoms with Gasteiger partial charge in [-0.05, 0) is 44.7 Å². The van der Waals surface area contributed by atoms with Gasteiger partial charge in [0.1, 0.15) is 5.69 Å². The molecule has 2 aliphatic rings. The highest BCUT2D eigenvalue weighted by molar-refractivity contribution is 5.92.